The first kappa shape index (κ1) is 11.4. The zero-order valence-electron chi connectivity index (χ0n) is 10.2. The molecule has 7 nitrogen and oxygen atoms in total. The Hall–Kier alpha value is -2.70. The number of benzene rings is 1. The molecule has 0 radical (unpaired) electrons. The Morgan fingerprint density at radius 3 is 2.89 bits per heavy atom. The van der Waals surface area contributed by atoms with Crippen LogP contribution in [0.1, 0.15) is 5.82 Å². The summed E-state index contributed by atoms with van der Waals surface area (Å²) in [5.41, 5.74) is 0.905. The van der Waals surface area contributed by atoms with Crippen LogP contribution in [0.4, 0.5) is 5.69 Å². The van der Waals surface area contributed by atoms with E-state index in [1.807, 2.05) is 23.9 Å². The van der Waals surface area contributed by atoms with Crippen molar-refractivity contribution in [2.45, 2.75) is 6.54 Å². The average molecular weight is 257 g/mol. The highest BCUT2D eigenvalue weighted by Gasteiger charge is 2.10. The van der Waals surface area contributed by atoms with Gasteiger partial charge in [-0.25, -0.2) is 4.98 Å². The summed E-state index contributed by atoms with van der Waals surface area (Å²) in [4.78, 5) is 14.6. The Balaban J connectivity index is 2.06. The lowest BCUT2D eigenvalue weighted by Crippen LogP contribution is -2.05. The van der Waals surface area contributed by atoms with Crippen molar-refractivity contribution in [2.24, 2.45) is 7.05 Å². The molecule has 96 valence electrons. The third-order valence-electron chi connectivity index (χ3n) is 3.09. The fourth-order valence-corrected chi connectivity index (χ4v) is 2.04. The molecule has 7 heteroatoms. The van der Waals surface area contributed by atoms with Crippen molar-refractivity contribution < 1.29 is 4.92 Å². The van der Waals surface area contributed by atoms with Gasteiger partial charge in [0.2, 0.25) is 0 Å². The normalized spacial score (nSPS) is 11.0. The maximum absolute atomic E-state index is 10.8. The lowest BCUT2D eigenvalue weighted by molar-refractivity contribution is -0.384. The second-order valence-corrected chi connectivity index (χ2v) is 4.24. The molecule has 1 aromatic carbocycles. The van der Waals surface area contributed by atoms with Crippen LogP contribution in [0.5, 0.6) is 0 Å². The van der Waals surface area contributed by atoms with Gasteiger partial charge in [-0.1, -0.05) is 0 Å². The first-order chi connectivity index (χ1) is 9.15. The van der Waals surface area contributed by atoms with Gasteiger partial charge in [0.05, 0.1) is 17.0 Å². The van der Waals surface area contributed by atoms with E-state index in [2.05, 4.69) is 10.1 Å². The summed E-state index contributed by atoms with van der Waals surface area (Å²) < 4.78 is 3.61. The molecular weight excluding hydrogens is 246 g/mol. The predicted molar refractivity (Wildman–Crippen MR) is 68.7 cm³/mol. The van der Waals surface area contributed by atoms with Crippen molar-refractivity contribution >= 4 is 16.6 Å². The van der Waals surface area contributed by atoms with Crippen LogP contribution in [-0.4, -0.2) is 24.3 Å². The summed E-state index contributed by atoms with van der Waals surface area (Å²) in [5, 5.41) is 15.8. The third kappa shape index (κ3) is 1.95. The fraction of sp³-hybridized carbons (Fsp3) is 0.167. The first-order valence-corrected chi connectivity index (χ1v) is 5.71. The monoisotopic (exact) mass is 257 g/mol. The Labute approximate surface area is 108 Å². The zero-order valence-corrected chi connectivity index (χ0v) is 10.2. The van der Waals surface area contributed by atoms with E-state index in [0.717, 1.165) is 16.7 Å². The van der Waals surface area contributed by atoms with E-state index in [9.17, 15) is 10.1 Å². The molecule has 0 unspecified atom stereocenters. The molecule has 2 heterocycles. The highest BCUT2D eigenvalue weighted by molar-refractivity contribution is 5.82. The lowest BCUT2D eigenvalue weighted by atomic mass is 10.2. The van der Waals surface area contributed by atoms with Crippen LogP contribution in [0.3, 0.4) is 0 Å². The van der Waals surface area contributed by atoms with Crippen molar-refractivity contribution in [2.75, 3.05) is 0 Å². The number of fused-ring (bicyclic) bond motifs is 1. The van der Waals surface area contributed by atoms with E-state index >= 15 is 0 Å². The summed E-state index contributed by atoms with van der Waals surface area (Å²) in [6.07, 6.45) is 3.38. The number of aryl methyl sites for hydroxylation is 1. The van der Waals surface area contributed by atoms with Crippen molar-refractivity contribution in [1.82, 2.24) is 19.3 Å². The van der Waals surface area contributed by atoms with Gasteiger partial charge in [0, 0.05) is 30.8 Å². The summed E-state index contributed by atoms with van der Waals surface area (Å²) in [5.74, 6) is 0.795. The van der Waals surface area contributed by atoms with Crippen molar-refractivity contribution in [3.63, 3.8) is 0 Å². The standard InChI is InChI=1S/C12H11N5O2/c1-15-12(13-8-14-15)7-16-5-4-9-2-3-10(17(18)19)6-11(9)16/h2-6,8H,7H2,1H3. The van der Waals surface area contributed by atoms with Gasteiger partial charge in [-0.2, -0.15) is 5.10 Å². The lowest BCUT2D eigenvalue weighted by Gasteiger charge is -2.04. The van der Waals surface area contributed by atoms with E-state index in [1.165, 1.54) is 12.4 Å². The maximum atomic E-state index is 10.8. The minimum absolute atomic E-state index is 0.0883. The Morgan fingerprint density at radius 1 is 1.37 bits per heavy atom. The van der Waals surface area contributed by atoms with E-state index in [1.54, 1.807) is 16.8 Å². The number of hydrogen-bond acceptors (Lipinski definition) is 4. The van der Waals surface area contributed by atoms with Gasteiger partial charge in [0.15, 0.2) is 0 Å². The van der Waals surface area contributed by atoms with Crippen molar-refractivity contribution in [3.05, 3.63) is 52.7 Å². The van der Waals surface area contributed by atoms with Crippen LogP contribution in [0.15, 0.2) is 36.8 Å². The highest BCUT2D eigenvalue weighted by Crippen LogP contribution is 2.22. The van der Waals surface area contributed by atoms with Crippen LogP contribution >= 0.6 is 0 Å². The summed E-state index contributed by atoms with van der Waals surface area (Å²) in [6.45, 7) is 0.529. The molecule has 0 fully saturated rings. The molecule has 0 aliphatic heterocycles. The number of non-ortho nitro benzene ring substituents is 1. The zero-order chi connectivity index (χ0) is 13.4. The minimum Gasteiger partial charge on any atom is -0.340 e. The fourth-order valence-electron chi connectivity index (χ4n) is 2.04. The van der Waals surface area contributed by atoms with Gasteiger partial charge >= 0.3 is 0 Å². The number of nitrogens with zero attached hydrogens (tertiary/aromatic N) is 5. The van der Waals surface area contributed by atoms with Crippen LogP contribution in [0.25, 0.3) is 10.9 Å². The molecule has 0 spiro atoms. The number of hydrogen-bond donors (Lipinski definition) is 0. The smallest absolute Gasteiger partial charge is 0.271 e. The molecule has 19 heavy (non-hydrogen) atoms. The molecule has 0 bridgehead atoms. The van der Waals surface area contributed by atoms with E-state index in [-0.39, 0.29) is 10.6 Å². The molecule has 0 saturated carbocycles. The second kappa shape index (κ2) is 4.20. The van der Waals surface area contributed by atoms with Crippen molar-refractivity contribution in [3.8, 4) is 0 Å². The summed E-state index contributed by atoms with van der Waals surface area (Å²) >= 11 is 0. The summed E-state index contributed by atoms with van der Waals surface area (Å²) in [6, 6.07) is 6.76. The molecule has 3 aromatic rings. The number of nitro benzene ring substituents is 1. The molecule has 3 rings (SSSR count). The van der Waals surface area contributed by atoms with E-state index in [0.29, 0.717) is 6.54 Å². The van der Waals surface area contributed by atoms with Gasteiger partial charge < -0.3 is 4.57 Å². The van der Waals surface area contributed by atoms with Gasteiger partial charge in [-0.3, -0.25) is 14.8 Å². The molecule has 0 amide bonds. The van der Waals surface area contributed by atoms with Crippen LogP contribution < -0.4 is 0 Å². The third-order valence-corrected chi connectivity index (χ3v) is 3.09. The Kier molecular flexibility index (Phi) is 2.52. The quantitative estimate of drug-likeness (QED) is 0.528. The van der Waals surface area contributed by atoms with Gasteiger partial charge in [-0.05, 0) is 12.1 Å². The minimum atomic E-state index is -0.390. The Morgan fingerprint density at radius 2 is 2.21 bits per heavy atom. The average Bonchev–Trinajstić information content (AvgIpc) is 2.97. The number of aromatic nitrogens is 4. The van der Waals surface area contributed by atoms with Gasteiger partial charge in [0.1, 0.15) is 12.2 Å². The largest absolute Gasteiger partial charge is 0.340 e. The summed E-state index contributed by atoms with van der Waals surface area (Å²) in [7, 11) is 1.82. The molecule has 0 aliphatic carbocycles. The molecule has 0 saturated heterocycles. The van der Waals surface area contributed by atoms with Gasteiger partial charge in [-0.15, -0.1) is 0 Å². The van der Waals surface area contributed by atoms with Crippen molar-refractivity contribution in [1.29, 1.82) is 0 Å². The Bertz CT molecular complexity index is 758. The van der Waals surface area contributed by atoms with Crippen LogP contribution in [0, 0.1) is 10.1 Å². The molecule has 0 N–H and O–H groups in total. The first-order valence-electron chi connectivity index (χ1n) is 5.71. The van der Waals surface area contributed by atoms with E-state index < -0.39 is 0 Å². The molecule has 0 aliphatic rings. The highest BCUT2D eigenvalue weighted by atomic mass is 16.6. The number of rotatable bonds is 3. The number of nitro groups is 1. The molecule has 0 atom stereocenters. The predicted octanol–water partition coefficient (Wildman–Crippen LogP) is 1.73. The van der Waals surface area contributed by atoms with Gasteiger partial charge in [0.25, 0.3) is 5.69 Å². The van der Waals surface area contributed by atoms with E-state index in [4.69, 9.17) is 0 Å². The molecular formula is C12H11N5O2. The topological polar surface area (TPSA) is 78.8 Å². The SMILES string of the molecule is Cn1ncnc1Cn1ccc2ccc([N+](=O)[O-])cc21. The van der Waals surface area contributed by atoms with Crippen LogP contribution in [0.2, 0.25) is 0 Å². The maximum Gasteiger partial charge on any atom is 0.271 e. The van der Waals surface area contributed by atoms with Crippen LogP contribution in [-0.2, 0) is 13.6 Å². The molecule has 2 aromatic heterocycles. The second-order valence-electron chi connectivity index (χ2n) is 4.24.